The van der Waals surface area contributed by atoms with E-state index in [0.717, 1.165) is 5.69 Å². The van der Waals surface area contributed by atoms with Gasteiger partial charge in [-0.2, -0.15) is 0 Å². The van der Waals surface area contributed by atoms with Crippen LogP contribution in [0.1, 0.15) is 0 Å². The number of primary amides is 1. The van der Waals surface area contributed by atoms with Crippen LogP contribution in [0.2, 0.25) is 0 Å². The molecule has 0 saturated carbocycles. The van der Waals surface area contributed by atoms with E-state index in [1.165, 1.54) is 6.20 Å². The third-order valence-electron chi connectivity index (χ3n) is 1.25. The SMILES string of the molecule is NC(=O)CNc1ccc(N)nc1. The fourth-order valence-electron chi connectivity index (χ4n) is 0.699. The first-order valence-electron chi connectivity index (χ1n) is 3.42. The molecule has 0 radical (unpaired) electrons. The first-order chi connectivity index (χ1) is 5.68. The van der Waals surface area contributed by atoms with E-state index < -0.39 is 5.91 Å². The van der Waals surface area contributed by atoms with Crippen LogP contribution in [-0.2, 0) is 4.79 Å². The molecule has 0 fully saturated rings. The van der Waals surface area contributed by atoms with Crippen LogP contribution in [0, 0.1) is 0 Å². The highest BCUT2D eigenvalue weighted by atomic mass is 16.1. The van der Waals surface area contributed by atoms with Crippen molar-refractivity contribution in [3.05, 3.63) is 18.3 Å². The molecule has 1 aromatic rings. The summed E-state index contributed by atoms with van der Waals surface area (Å²) in [4.78, 5) is 14.2. The molecule has 12 heavy (non-hydrogen) atoms. The molecule has 1 rings (SSSR count). The van der Waals surface area contributed by atoms with Crippen molar-refractivity contribution in [1.82, 2.24) is 4.98 Å². The average molecular weight is 166 g/mol. The topological polar surface area (TPSA) is 94.0 Å². The summed E-state index contributed by atoms with van der Waals surface area (Å²) in [7, 11) is 0. The maximum atomic E-state index is 10.4. The number of hydrogen-bond donors (Lipinski definition) is 3. The minimum Gasteiger partial charge on any atom is -0.384 e. The molecule has 0 aliphatic heterocycles. The Morgan fingerprint density at radius 2 is 2.33 bits per heavy atom. The second kappa shape index (κ2) is 3.56. The zero-order chi connectivity index (χ0) is 8.97. The number of amides is 1. The van der Waals surface area contributed by atoms with Gasteiger partial charge < -0.3 is 16.8 Å². The molecular formula is C7H10N4O. The highest BCUT2D eigenvalue weighted by molar-refractivity contribution is 5.78. The Morgan fingerprint density at radius 3 is 2.83 bits per heavy atom. The molecule has 0 aliphatic carbocycles. The second-order valence-electron chi connectivity index (χ2n) is 2.29. The summed E-state index contributed by atoms with van der Waals surface area (Å²) in [6.07, 6.45) is 1.54. The molecule has 1 heterocycles. The molecule has 0 unspecified atom stereocenters. The largest absolute Gasteiger partial charge is 0.384 e. The lowest BCUT2D eigenvalue weighted by molar-refractivity contribution is -0.116. The maximum absolute atomic E-state index is 10.4. The lowest BCUT2D eigenvalue weighted by Gasteiger charge is -2.02. The second-order valence-corrected chi connectivity index (χ2v) is 2.29. The smallest absolute Gasteiger partial charge is 0.236 e. The van der Waals surface area contributed by atoms with Crippen molar-refractivity contribution in [2.24, 2.45) is 5.73 Å². The molecule has 0 aliphatic rings. The Balaban J connectivity index is 2.53. The van der Waals surface area contributed by atoms with Crippen molar-refractivity contribution >= 4 is 17.4 Å². The molecule has 5 nitrogen and oxygen atoms in total. The van der Waals surface area contributed by atoms with Gasteiger partial charge in [0.2, 0.25) is 5.91 Å². The van der Waals surface area contributed by atoms with E-state index in [4.69, 9.17) is 11.5 Å². The van der Waals surface area contributed by atoms with Crippen LogP contribution >= 0.6 is 0 Å². The number of rotatable bonds is 3. The summed E-state index contributed by atoms with van der Waals surface area (Å²) in [5, 5.41) is 2.78. The van der Waals surface area contributed by atoms with E-state index in [1.807, 2.05) is 0 Å². The number of carbonyl (C=O) groups excluding carboxylic acids is 1. The number of nitrogens with zero attached hydrogens (tertiary/aromatic N) is 1. The summed E-state index contributed by atoms with van der Waals surface area (Å²) < 4.78 is 0. The van der Waals surface area contributed by atoms with Gasteiger partial charge in [-0.05, 0) is 12.1 Å². The van der Waals surface area contributed by atoms with E-state index in [0.29, 0.717) is 5.82 Å². The first kappa shape index (κ1) is 8.32. The molecular weight excluding hydrogens is 156 g/mol. The summed E-state index contributed by atoms with van der Waals surface area (Å²) in [5.41, 5.74) is 11.0. The number of carbonyl (C=O) groups is 1. The molecule has 0 bridgehead atoms. The van der Waals surface area contributed by atoms with Crippen molar-refractivity contribution in [2.45, 2.75) is 0 Å². The molecule has 1 amide bonds. The van der Waals surface area contributed by atoms with Gasteiger partial charge in [0.15, 0.2) is 0 Å². The number of hydrogen-bond acceptors (Lipinski definition) is 4. The zero-order valence-corrected chi connectivity index (χ0v) is 6.45. The quantitative estimate of drug-likeness (QED) is 0.567. The van der Waals surface area contributed by atoms with Gasteiger partial charge in [0.05, 0.1) is 18.4 Å². The Morgan fingerprint density at radius 1 is 1.58 bits per heavy atom. The molecule has 0 saturated heterocycles. The molecule has 64 valence electrons. The zero-order valence-electron chi connectivity index (χ0n) is 6.45. The molecule has 0 aromatic carbocycles. The fraction of sp³-hybridized carbons (Fsp3) is 0.143. The van der Waals surface area contributed by atoms with Gasteiger partial charge in [0, 0.05) is 0 Å². The highest BCUT2D eigenvalue weighted by Crippen LogP contribution is 2.05. The number of nitrogens with one attached hydrogen (secondary N) is 1. The van der Waals surface area contributed by atoms with Crippen LogP contribution in [0.5, 0.6) is 0 Å². The lowest BCUT2D eigenvalue weighted by atomic mass is 10.4. The minimum absolute atomic E-state index is 0.103. The number of anilines is 2. The summed E-state index contributed by atoms with van der Waals surface area (Å²) >= 11 is 0. The van der Waals surface area contributed by atoms with Gasteiger partial charge in [-0.25, -0.2) is 4.98 Å². The summed E-state index contributed by atoms with van der Waals surface area (Å²) in [6.45, 7) is 0.103. The predicted molar refractivity (Wildman–Crippen MR) is 46.3 cm³/mol. The summed E-state index contributed by atoms with van der Waals surface area (Å²) in [6, 6.07) is 3.37. The van der Waals surface area contributed by atoms with Crippen molar-refractivity contribution in [2.75, 3.05) is 17.6 Å². The molecule has 5 N–H and O–H groups in total. The van der Waals surface area contributed by atoms with Gasteiger partial charge in [-0.3, -0.25) is 4.79 Å². The molecule has 1 aromatic heterocycles. The van der Waals surface area contributed by atoms with Gasteiger partial charge in [0.1, 0.15) is 5.82 Å². The van der Waals surface area contributed by atoms with Crippen LogP contribution in [0.3, 0.4) is 0 Å². The van der Waals surface area contributed by atoms with Crippen LogP contribution in [0.25, 0.3) is 0 Å². The van der Waals surface area contributed by atoms with Gasteiger partial charge in [-0.1, -0.05) is 0 Å². The van der Waals surface area contributed by atoms with Crippen LogP contribution in [0.15, 0.2) is 18.3 Å². The Labute approximate surface area is 69.8 Å². The van der Waals surface area contributed by atoms with E-state index >= 15 is 0 Å². The molecule has 0 atom stereocenters. The van der Waals surface area contributed by atoms with Crippen LogP contribution in [-0.4, -0.2) is 17.4 Å². The van der Waals surface area contributed by atoms with E-state index in [-0.39, 0.29) is 6.54 Å². The number of nitrogens with two attached hydrogens (primary N) is 2. The van der Waals surface area contributed by atoms with Crippen molar-refractivity contribution in [1.29, 1.82) is 0 Å². The van der Waals surface area contributed by atoms with Crippen LogP contribution < -0.4 is 16.8 Å². The van der Waals surface area contributed by atoms with E-state index in [9.17, 15) is 4.79 Å². The van der Waals surface area contributed by atoms with E-state index in [1.54, 1.807) is 12.1 Å². The lowest BCUT2D eigenvalue weighted by Crippen LogP contribution is -2.21. The van der Waals surface area contributed by atoms with Gasteiger partial charge in [0.25, 0.3) is 0 Å². The highest BCUT2D eigenvalue weighted by Gasteiger charge is 1.94. The van der Waals surface area contributed by atoms with Crippen molar-refractivity contribution in [3.63, 3.8) is 0 Å². The maximum Gasteiger partial charge on any atom is 0.236 e. The fourth-order valence-corrected chi connectivity index (χ4v) is 0.699. The van der Waals surface area contributed by atoms with Gasteiger partial charge >= 0.3 is 0 Å². The molecule has 5 heteroatoms. The van der Waals surface area contributed by atoms with Crippen LogP contribution in [0.4, 0.5) is 11.5 Å². The monoisotopic (exact) mass is 166 g/mol. The van der Waals surface area contributed by atoms with Crippen molar-refractivity contribution < 1.29 is 4.79 Å². The van der Waals surface area contributed by atoms with E-state index in [2.05, 4.69) is 10.3 Å². The number of aromatic nitrogens is 1. The third-order valence-corrected chi connectivity index (χ3v) is 1.25. The third kappa shape index (κ3) is 2.45. The minimum atomic E-state index is -0.410. The average Bonchev–Trinajstić information content (AvgIpc) is 2.03. The number of nitrogen functional groups attached to an aromatic ring is 1. The molecule has 0 spiro atoms. The Bertz CT molecular complexity index is 269. The first-order valence-corrected chi connectivity index (χ1v) is 3.42. The standard InChI is InChI=1S/C7H10N4O/c8-6-2-1-5(3-11-6)10-4-7(9)12/h1-3,10H,4H2,(H2,8,11)(H2,9,12). The summed E-state index contributed by atoms with van der Waals surface area (Å²) in [5.74, 6) is 0.0338. The Hall–Kier alpha value is -1.78. The predicted octanol–water partition coefficient (Wildman–Crippen LogP) is -0.439. The normalized spacial score (nSPS) is 9.33. The Kier molecular flexibility index (Phi) is 2.47. The van der Waals surface area contributed by atoms with Crippen molar-refractivity contribution in [3.8, 4) is 0 Å². The number of pyridine rings is 1. The van der Waals surface area contributed by atoms with Gasteiger partial charge in [-0.15, -0.1) is 0 Å².